The number of hydrogen-bond acceptors (Lipinski definition) is 4. The van der Waals surface area contributed by atoms with E-state index in [-0.39, 0.29) is 5.91 Å². The summed E-state index contributed by atoms with van der Waals surface area (Å²) in [6.07, 6.45) is 3.16. The van der Waals surface area contributed by atoms with Crippen molar-refractivity contribution in [1.82, 2.24) is 9.97 Å². The number of anilines is 2. The maximum atomic E-state index is 11.9. The Morgan fingerprint density at radius 2 is 1.94 bits per heavy atom. The fraction of sp³-hybridized carbons (Fsp3) is 0.154. The molecule has 2 aromatic heterocycles. The fourth-order valence-corrected chi connectivity index (χ4v) is 1.42. The third-order valence-electron chi connectivity index (χ3n) is 2.45. The molecule has 2 rings (SSSR count). The zero-order chi connectivity index (χ0) is 13.0. The highest BCUT2D eigenvalue weighted by Gasteiger charge is 2.06. The quantitative estimate of drug-likeness (QED) is 0.864. The first kappa shape index (κ1) is 12.0. The minimum atomic E-state index is -0.198. The van der Waals surface area contributed by atoms with Crippen molar-refractivity contribution >= 4 is 17.4 Å². The maximum Gasteiger partial charge on any atom is 0.257 e. The smallest absolute Gasteiger partial charge is 0.257 e. The standard InChI is InChI=1S/C13H14N4O/c1-9-3-5-11(8-15-9)17-13(18)10-4-6-12(14-2)16-7-10/h3-8H,1-2H3,(H,14,16)(H,17,18). The van der Waals surface area contributed by atoms with Crippen molar-refractivity contribution in [1.29, 1.82) is 0 Å². The highest BCUT2D eigenvalue weighted by Crippen LogP contribution is 2.09. The largest absolute Gasteiger partial charge is 0.373 e. The molecule has 0 spiro atoms. The van der Waals surface area contributed by atoms with Gasteiger partial charge < -0.3 is 10.6 Å². The molecule has 0 aliphatic carbocycles. The molecule has 18 heavy (non-hydrogen) atoms. The molecule has 5 heteroatoms. The molecule has 0 radical (unpaired) electrons. The van der Waals surface area contributed by atoms with Gasteiger partial charge in [-0.15, -0.1) is 0 Å². The number of hydrogen-bond donors (Lipinski definition) is 2. The monoisotopic (exact) mass is 242 g/mol. The summed E-state index contributed by atoms with van der Waals surface area (Å²) in [5.41, 5.74) is 2.09. The van der Waals surface area contributed by atoms with E-state index in [4.69, 9.17) is 0 Å². The molecule has 0 aliphatic rings. The first-order valence-electron chi connectivity index (χ1n) is 5.57. The summed E-state index contributed by atoms with van der Waals surface area (Å²) in [6.45, 7) is 1.89. The molecule has 0 aromatic carbocycles. The van der Waals surface area contributed by atoms with E-state index in [9.17, 15) is 4.79 Å². The fourth-order valence-electron chi connectivity index (χ4n) is 1.42. The van der Waals surface area contributed by atoms with E-state index in [0.717, 1.165) is 11.5 Å². The molecule has 0 unspecified atom stereocenters. The summed E-state index contributed by atoms with van der Waals surface area (Å²) in [5, 5.41) is 5.66. The Balaban J connectivity index is 2.09. The first-order chi connectivity index (χ1) is 8.69. The second kappa shape index (κ2) is 5.27. The van der Waals surface area contributed by atoms with Gasteiger partial charge in [-0.05, 0) is 31.2 Å². The van der Waals surface area contributed by atoms with Crippen LogP contribution in [0.1, 0.15) is 16.1 Å². The number of amides is 1. The summed E-state index contributed by atoms with van der Waals surface area (Å²) in [5.74, 6) is 0.527. The average molecular weight is 242 g/mol. The van der Waals surface area contributed by atoms with Crippen molar-refractivity contribution in [3.05, 3.63) is 47.9 Å². The van der Waals surface area contributed by atoms with Gasteiger partial charge in [0.1, 0.15) is 5.82 Å². The maximum absolute atomic E-state index is 11.9. The number of carbonyl (C=O) groups excluding carboxylic acids is 1. The molecule has 0 atom stereocenters. The molecule has 0 aliphatic heterocycles. The highest BCUT2D eigenvalue weighted by atomic mass is 16.1. The van der Waals surface area contributed by atoms with Gasteiger partial charge in [-0.1, -0.05) is 0 Å². The Kier molecular flexibility index (Phi) is 3.52. The van der Waals surface area contributed by atoms with E-state index in [0.29, 0.717) is 11.3 Å². The first-order valence-corrected chi connectivity index (χ1v) is 5.57. The zero-order valence-corrected chi connectivity index (χ0v) is 10.3. The molecule has 92 valence electrons. The lowest BCUT2D eigenvalue weighted by molar-refractivity contribution is 0.102. The summed E-state index contributed by atoms with van der Waals surface area (Å²) in [7, 11) is 1.78. The third kappa shape index (κ3) is 2.82. The van der Waals surface area contributed by atoms with Crippen LogP contribution in [-0.2, 0) is 0 Å². The van der Waals surface area contributed by atoms with Crippen LogP contribution in [0.25, 0.3) is 0 Å². The van der Waals surface area contributed by atoms with Crippen LogP contribution in [0, 0.1) is 6.92 Å². The van der Waals surface area contributed by atoms with Crippen LogP contribution in [0.4, 0.5) is 11.5 Å². The second-order valence-electron chi connectivity index (χ2n) is 3.82. The molecule has 5 nitrogen and oxygen atoms in total. The van der Waals surface area contributed by atoms with E-state index in [1.807, 2.05) is 19.1 Å². The summed E-state index contributed by atoms with van der Waals surface area (Å²) in [4.78, 5) is 20.1. The van der Waals surface area contributed by atoms with Crippen molar-refractivity contribution in [2.24, 2.45) is 0 Å². The molecule has 0 bridgehead atoms. The van der Waals surface area contributed by atoms with E-state index < -0.39 is 0 Å². The predicted molar refractivity (Wildman–Crippen MR) is 70.7 cm³/mol. The molecule has 2 aromatic rings. The van der Waals surface area contributed by atoms with Crippen LogP contribution in [0.3, 0.4) is 0 Å². The van der Waals surface area contributed by atoms with Gasteiger partial charge in [0, 0.05) is 18.9 Å². The third-order valence-corrected chi connectivity index (χ3v) is 2.45. The number of pyridine rings is 2. The zero-order valence-electron chi connectivity index (χ0n) is 10.3. The lowest BCUT2D eigenvalue weighted by Crippen LogP contribution is -2.12. The number of nitrogens with one attached hydrogen (secondary N) is 2. The van der Waals surface area contributed by atoms with Gasteiger partial charge in [0.15, 0.2) is 0 Å². The van der Waals surface area contributed by atoms with Crippen LogP contribution in [0.5, 0.6) is 0 Å². The van der Waals surface area contributed by atoms with Crippen molar-refractivity contribution in [2.75, 3.05) is 17.7 Å². The van der Waals surface area contributed by atoms with Crippen LogP contribution in [0.15, 0.2) is 36.7 Å². The Labute approximate surface area is 105 Å². The van der Waals surface area contributed by atoms with Crippen molar-refractivity contribution in [3.8, 4) is 0 Å². The predicted octanol–water partition coefficient (Wildman–Crippen LogP) is 2.08. The number of aryl methyl sites for hydroxylation is 1. The van der Waals surface area contributed by atoms with Gasteiger partial charge >= 0.3 is 0 Å². The SMILES string of the molecule is CNc1ccc(C(=O)Nc2ccc(C)nc2)cn1. The number of carbonyl (C=O) groups is 1. The van der Waals surface area contributed by atoms with E-state index in [2.05, 4.69) is 20.6 Å². The van der Waals surface area contributed by atoms with Gasteiger partial charge in [-0.25, -0.2) is 4.98 Å². The normalized spacial score (nSPS) is 9.89. The summed E-state index contributed by atoms with van der Waals surface area (Å²) in [6, 6.07) is 7.13. The molecule has 2 heterocycles. The molecule has 0 saturated heterocycles. The molecular formula is C13H14N4O. The van der Waals surface area contributed by atoms with Crippen LogP contribution in [-0.4, -0.2) is 22.9 Å². The molecular weight excluding hydrogens is 228 g/mol. The Morgan fingerprint density at radius 1 is 1.11 bits per heavy atom. The number of nitrogens with zero attached hydrogens (tertiary/aromatic N) is 2. The molecule has 1 amide bonds. The van der Waals surface area contributed by atoms with Crippen LogP contribution >= 0.6 is 0 Å². The van der Waals surface area contributed by atoms with Gasteiger partial charge in [0.2, 0.25) is 0 Å². The Bertz CT molecular complexity index is 534. The number of aromatic nitrogens is 2. The minimum absolute atomic E-state index is 0.198. The molecule has 2 N–H and O–H groups in total. The van der Waals surface area contributed by atoms with Gasteiger partial charge in [-0.3, -0.25) is 9.78 Å². The van der Waals surface area contributed by atoms with E-state index in [1.54, 1.807) is 25.4 Å². The van der Waals surface area contributed by atoms with Crippen LogP contribution in [0.2, 0.25) is 0 Å². The Hall–Kier alpha value is -2.43. The molecule has 0 fully saturated rings. The van der Waals surface area contributed by atoms with Crippen molar-refractivity contribution in [3.63, 3.8) is 0 Å². The van der Waals surface area contributed by atoms with Crippen molar-refractivity contribution < 1.29 is 4.79 Å². The highest BCUT2D eigenvalue weighted by molar-refractivity contribution is 6.04. The lowest BCUT2D eigenvalue weighted by Gasteiger charge is -2.05. The lowest BCUT2D eigenvalue weighted by atomic mass is 10.2. The molecule has 0 saturated carbocycles. The van der Waals surface area contributed by atoms with Crippen molar-refractivity contribution in [2.45, 2.75) is 6.92 Å². The average Bonchev–Trinajstić information content (AvgIpc) is 2.41. The van der Waals surface area contributed by atoms with E-state index >= 15 is 0 Å². The summed E-state index contributed by atoms with van der Waals surface area (Å²) >= 11 is 0. The Morgan fingerprint density at radius 3 is 2.50 bits per heavy atom. The van der Waals surface area contributed by atoms with Crippen LogP contribution < -0.4 is 10.6 Å². The topological polar surface area (TPSA) is 66.9 Å². The van der Waals surface area contributed by atoms with Gasteiger partial charge in [-0.2, -0.15) is 0 Å². The number of rotatable bonds is 3. The van der Waals surface area contributed by atoms with Gasteiger partial charge in [0.05, 0.1) is 17.4 Å². The van der Waals surface area contributed by atoms with E-state index in [1.165, 1.54) is 6.20 Å². The van der Waals surface area contributed by atoms with Gasteiger partial charge in [0.25, 0.3) is 5.91 Å². The minimum Gasteiger partial charge on any atom is -0.373 e. The summed E-state index contributed by atoms with van der Waals surface area (Å²) < 4.78 is 0. The second-order valence-corrected chi connectivity index (χ2v) is 3.82.